The quantitative estimate of drug-likeness (QED) is 0.484. The molecule has 0 saturated heterocycles. The van der Waals surface area contributed by atoms with E-state index >= 15 is 0 Å². The molecule has 0 radical (unpaired) electrons. The molecular formula is C23H22N2O3. The average Bonchev–Trinajstić information content (AvgIpc) is 3.29. The fraction of sp³-hybridized carbons (Fsp3) is 0.217. The van der Waals surface area contributed by atoms with Crippen LogP contribution in [0.5, 0.6) is 0 Å². The third kappa shape index (κ3) is 2.89. The fourth-order valence-electron chi connectivity index (χ4n) is 4.26. The number of esters is 1. The minimum atomic E-state index is -0.501. The molecule has 4 rings (SSSR count). The lowest BCUT2D eigenvalue weighted by molar-refractivity contribution is -0.136. The van der Waals surface area contributed by atoms with Crippen LogP contribution in [0.15, 0.2) is 70.5 Å². The van der Waals surface area contributed by atoms with Gasteiger partial charge in [-0.05, 0) is 49.6 Å². The molecule has 1 aromatic carbocycles. The van der Waals surface area contributed by atoms with Crippen LogP contribution in [0.3, 0.4) is 0 Å². The summed E-state index contributed by atoms with van der Waals surface area (Å²) in [7, 11) is 1.37. The zero-order valence-electron chi connectivity index (χ0n) is 15.9. The summed E-state index contributed by atoms with van der Waals surface area (Å²) in [5.41, 5.74) is 12.4. The summed E-state index contributed by atoms with van der Waals surface area (Å²) in [5.74, 6) is -0.932. The van der Waals surface area contributed by atoms with E-state index in [2.05, 4.69) is 4.98 Å². The van der Waals surface area contributed by atoms with Crippen molar-refractivity contribution in [3.8, 4) is 0 Å². The zero-order valence-corrected chi connectivity index (χ0v) is 15.9. The van der Waals surface area contributed by atoms with Crippen molar-refractivity contribution in [2.75, 3.05) is 12.8 Å². The highest BCUT2D eigenvalue weighted by atomic mass is 16.5. The molecule has 0 amide bonds. The number of rotatable bonds is 3. The molecule has 28 heavy (non-hydrogen) atoms. The first-order valence-electron chi connectivity index (χ1n) is 9.24. The van der Waals surface area contributed by atoms with Gasteiger partial charge in [-0.25, -0.2) is 4.79 Å². The number of ketones is 1. The Bertz CT molecular complexity index is 1060. The Hall–Kier alpha value is -3.34. The Balaban J connectivity index is 1.85. The fourth-order valence-corrected chi connectivity index (χ4v) is 4.26. The second-order valence-corrected chi connectivity index (χ2v) is 7.24. The van der Waals surface area contributed by atoms with Crippen LogP contribution in [-0.2, 0) is 14.3 Å². The molecule has 142 valence electrons. The van der Waals surface area contributed by atoms with Gasteiger partial charge in [0.25, 0.3) is 0 Å². The molecule has 5 heteroatoms. The Labute approximate surface area is 163 Å². The number of anilines is 1. The number of benzene rings is 1. The molecule has 0 bridgehead atoms. The van der Waals surface area contributed by atoms with E-state index in [9.17, 15) is 9.59 Å². The van der Waals surface area contributed by atoms with Crippen molar-refractivity contribution in [1.82, 2.24) is 4.98 Å². The summed E-state index contributed by atoms with van der Waals surface area (Å²) in [5, 5.41) is 0. The highest BCUT2D eigenvalue weighted by molar-refractivity contribution is 6.17. The van der Waals surface area contributed by atoms with E-state index < -0.39 is 11.9 Å². The third-order valence-corrected chi connectivity index (χ3v) is 5.50. The number of carbonyl (C=O) groups is 2. The number of aromatic nitrogens is 1. The number of methoxy groups -OCH3 is 1. The maximum atomic E-state index is 13.4. The molecule has 5 nitrogen and oxygen atoms in total. The first-order chi connectivity index (χ1) is 13.5. The molecule has 1 aromatic heterocycles. The second kappa shape index (κ2) is 7.00. The molecule has 3 N–H and O–H groups in total. The molecule has 1 heterocycles. The molecule has 0 fully saturated rings. The van der Waals surface area contributed by atoms with Gasteiger partial charge >= 0.3 is 5.97 Å². The van der Waals surface area contributed by atoms with Crippen LogP contribution in [-0.4, -0.2) is 23.8 Å². The third-order valence-electron chi connectivity index (χ3n) is 5.50. The van der Waals surface area contributed by atoms with Crippen molar-refractivity contribution >= 4 is 23.5 Å². The predicted octanol–water partition coefficient (Wildman–Crippen LogP) is 3.93. The van der Waals surface area contributed by atoms with Gasteiger partial charge in [0.1, 0.15) is 0 Å². The highest BCUT2D eigenvalue weighted by Gasteiger charge is 2.42. The van der Waals surface area contributed by atoms with Gasteiger partial charge in [0.05, 0.1) is 7.11 Å². The summed E-state index contributed by atoms with van der Waals surface area (Å²) in [6.45, 7) is 1.93. The van der Waals surface area contributed by atoms with Gasteiger partial charge in [0.15, 0.2) is 5.78 Å². The van der Waals surface area contributed by atoms with Gasteiger partial charge in [-0.3, -0.25) is 4.79 Å². The minimum Gasteiger partial charge on any atom is -0.466 e. The lowest BCUT2D eigenvalue weighted by Gasteiger charge is -2.28. The number of hydrogen-bond acceptors (Lipinski definition) is 4. The van der Waals surface area contributed by atoms with E-state index in [1.54, 1.807) is 6.07 Å². The normalized spacial score (nSPS) is 20.7. The number of hydrogen-bond donors (Lipinski definition) is 2. The highest BCUT2D eigenvalue weighted by Crippen LogP contribution is 2.49. The maximum Gasteiger partial charge on any atom is 0.334 e. The Morgan fingerprint density at radius 2 is 2.00 bits per heavy atom. The zero-order chi connectivity index (χ0) is 19.8. The summed E-state index contributed by atoms with van der Waals surface area (Å²) in [6, 6.07) is 11.2. The van der Waals surface area contributed by atoms with E-state index in [-0.39, 0.29) is 5.78 Å². The van der Waals surface area contributed by atoms with Crippen molar-refractivity contribution in [1.29, 1.82) is 0 Å². The number of Topliss-reactive ketones (excluding diaryl/α,β-unsaturated/α-hetero) is 1. The van der Waals surface area contributed by atoms with E-state index in [1.165, 1.54) is 7.11 Å². The minimum absolute atomic E-state index is 0.0215. The van der Waals surface area contributed by atoms with Crippen molar-refractivity contribution in [3.63, 3.8) is 0 Å². The molecule has 2 aliphatic carbocycles. The van der Waals surface area contributed by atoms with Crippen molar-refractivity contribution in [2.45, 2.75) is 25.7 Å². The first-order valence-corrected chi connectivity index (χ1v) is 9.24. The lowest BCUT2D eigenvalue weighted by Crippen LogP contribution is -2.23. The average molecular weight is 374 g/mol. The number of ether oxygens (including phenoxy) is 1. The van der Waals surface area contributed by atoms with Crippen LogP contribution in [0.2, 0.25) is 0 Å². The molecular weight excluding hydrogens is 352 g/mol. The molecule has 2 aliphatic rings. The van der Waals surface area contributed by atoms with Crippen LogP contribution in [0.25, 0.3) is 6.08 Å². The van der Waals surface area contributed by atoms with Crippen LogP contribution < -0.4 is 5.73 Å². The smallest absolute Gasteiger partial charge is 0.334 e. The second-order valence-electron chi connectivity index (χ2n) is 7.24. The van der Waals surface area contributed by atoms with Gasteiger partial charge in [-0.1, -0.05) is 29.3 Å². The van der Waals surface area contributed by atoms with Crippen molar-refractivity contribution < 1.29 is 14.3 Å². The van der Waals surface area contributed by atoms with Crippen LogP contribution in [0.1, 0.15) is 36.9 Å². The van der Waals surface area contributed by atoms with Gasteiger partial charge < -0.3 is 15.5 Å². The number of nitrogens with two attached hydrogens (primary N) is 1. The molecule has 0 aliphatic heterocycles. The molecule has 2 aromatic rings. The monoisotopic (exact) mass is 374 g/mol. The number of allylic oxidation sites excluding steroid dienone is 4. The number of nitrogens with one attached hydrogen (secondary N) is 1. The number of para-hydroxylation sites is 1. The van der Waals surface area contributed by atoms with Crippen LogP contribution in [0.4, 0.5) is 5.69 Å². The number of carbonyl (C=O) groups excluding carboxylic acids is 2. The van der Waals surface area contributed by atoms with Gasteiger partial charge in [-0.2, -0.15) is 0 Å². The lowest BCUT2D eigenvalue weighted by atomic mass is 9.75. The van der Waals surface area contributed by atoms with Gasteiger partial charge in [-0.15, -0.1) is 0 Å². The summed E-state index contributed by atoms with van der Waals surface area (Å²) in [6.07, 6.45) is 4.89. The number of nitrogen functional groups attached to an aromatic ring is 1. The van der Waals surface area contributed by atoms with Crippen LogP contribution in [0, 0.1) is 0 Å². The van der Waals surface area contributed by atoms with Gasteiger partial charge in [0.2, 0.25) is 0 Å². The molecule has 1 unspecified atom stereocenters. The topological polar surface area (TPSA) is 85.2 Å². The van der Waals surface area contributed by atoms with E-state index in [1.807, 2.05) is 49.5 Å². The number of H-pyrrole nitrogens is 1. The van der Waals surface area contributed by atoms with Crippen molar-refractivity contribution in [2.24, 2.45) is 0 Å². The van der Waals surface area contributed by atoms with Crippen molar-refractivity contribution in [3.05, 3.63) is 81.7 Å². The summed E-state index contributed by atoms with van der Waals surface area (Å²) >= 11 is 0. The molecule has 0 spiro atoms. The van der Waals surface area contributed by atoms with Gasteiger partial charge in [0, 0.05) is 40.2 Å². The van der Waals surface area contributed by atoms with E-state index in [4.69, 9.17) is 10.5 Å². The predicted molar refractivity (Wildman–Crippen MR) is 108 cm³/mol. The van der Waals surface area contributed by atoms with Crippen LogP contribution >= 0.6 is 0 Å². The van der Waals surface area contributed by atoms with E-state index in [0.717, 1.165) is 28.0 Å². The molecule has 1 atom stereocenters. The Kier molecular flexibility index (Phi) is 4.51. The van der Waals surface area contributed by atoms with E-state index in [0.29, 0.717) is 29.7 Å². The standard InChI is InChI=1S/C23H22N2O3/c1-13-10-14-11-15(12-16-6-5-9-25-16)22(26)20(14)21(19(13)23(27)28-2)17-7-3-4-8-18(17)24/h3-9,12,21,25H,10-11,24H2,1-2H3. The molecule has 0 saturated carbocycles. The Morgan fingerprint density at radius 3 is 2.68 bits per heavy atom. The number of aromatic amines is 1. The summed E-state index contributed by atoms with van der Waals surface area (Å²) < 4.78 is 5.06. The SMILES string of the molecule is COC(=O)C1=C(C)CC2=C(C(=O)C(=Cc3ccc[nH]3)C2)C1c1ccccc1N. The maximum absolute atomic E-state index is 13.4. The first kappa shape index (κ1) is 18.0. The Morgan fingerprint density at radius 1 is 1.21 bits per heavy atom. The largest absolute Gasteiger partial charge is 0.466 e. The summed E-state index contributed by atoms with van der Waals surface area (Å²) in [4.78, 5) is 29.1.